The Kier molecular flexibility index (Phi) is 5.67. The van der Waals surface area contributed by atoms with Crippen molar-refractivity contribution in [1.82, 2.24) is 14.3 Å². The normalized spacial score (nSPS) is 14.5. The third kappa shape index (κ3) is 4.07. The Balaban J connectivity index is 1.46. The minimum absolute atomic E-state index is 0.753. The summed E-state index contributed by atoms with van der Waals surface area (Å²) in [5.41, 5.74) is 3.85. The van der Waals surface area contributed by atoms with E-state index in [4.69, 9.17) is 14.5 Å². The predicted molar refractivity (Wildman–Crippen MR) is 113 cm³/mol. The van der Waals surface area contributed by atoms with E-state index < -0.39 is 0 Å². The minimum Gasteiger partial charge on any atom is -0.497 e. The third-order valence-electron chi connectivity index (χ3n) is 5.32. The van der Waals surface area contributed by atoms with Crippen LogP contribution in [0.3, 0.4) is 0 Å². The molecule has 1 saturated heterocycles. The van der Waals surface area contributed by atoms with Crippen molar-refractivity contribution in [1.29, 1.82) is 0 Å². The standard InChI is InChI=1S/C22H28N4O2/c1-27-18-6-7-19(21(15-18)28-2)20-16-26-13-8-17(14-22(26)24-20)23-9-5-12-25-10-3-4-11-25/h6-8,13-16,23H,3-5,9-12H2,1-2H3. The van der Waals surface area contributed by atoms with E-state index in [2.05, 4.69) is 22.3 Å². The van der Waals surface area contributed by atoms with Crippen molar-refractivity contribution in [2.45, 2.75) is 19.3 Å². The highest BCUT2D eigenvalue weighted by Crippen LogP contribution is 2.33. The lowest BCUT2D eigenvalue weighted by Crippen LogP contribution is -2.22. The fraction of sp³-hybridized carbons (Fsp3) is 0.409. The molecular weight excluding hydrogens is 352 g/mol. The van der Waals surface area contributed by atoms with E-state index >= 15 is 0 Å². The van der Waals surface area contributed by atoms with Crippen LogP contribution >= 0.6 is 0 Å². The zero-order valence-corrected chi connectivity index (χ0v) is 16.6. The first-order valence-corrected chi connectivity index (χ1v) is 9.94. The van der Waals surface area contributed by atoms with Crippen LogP contribution in [0.5, 0.6) is 11.5 Å². The molecule has 1 fully saturated rings. The van der Waals surface area contributed by atoms with Crippen molar-refractivity contribution < 1.29 is 9.47 Å². The summed E-state index contributed by atoms with van der Waals surface area (Å²) in [6.07, 6.45) is 7.94. The molecule has 6 heteroatoms. The third-order valence-corrected chi connectivity index (χ3v) is 5.32. The summed E-state index contributed by atoms with van der Waals surface area (Å²) in [6, 6.07) is 9.98. The Labute approximate surface area is 166 Å². The summed E-state index contributed by atoms with van der Waals surface area (Å²) in [6.45, 7) is 4.68. The van der Waals surface area contributed by atoms with Crippen molar-refractivity contribution >= 4 is 11.3 Å². The van der Waals surface area contributed by atoms with Gasteiger partial charge in [-0.05, 0) is 57.1 Å². The zero-order valence-electron chi connectivity index (χ0n) is 16.6. The Morgan fingerprint density at radius 3 is 2.71 bits per heavy atom. The molecule has 0 amide bonds. The van der Waals surface area contributed by atoms with Gasteiger partial charge in [-0.25, -0.2) is 4.98 Å². The molecule has 0 atom stereocenters. The number of aromatic nitrogens is 2. The van der Waals surface area contributed by atoms with Gasteiger partial charge in [0.1, 0.15) is 17.1 Å². The SMILES string of the molecule is COc1ccc(-c2cn3ccc(NCCCN4CCCC4)cc3n2)c(OC)c1. The van der Waals surface area contributed by atoms with E-state index in [0.29, 0.717) is 0 Å². The van der Waals surface area contributed by atoms with Gasteiger partial charge in [-0.3, -0.25) is 0 Å². The molecular formula is C22H28N4O2. The average Bonchev–Trinajstić information content (AvgIpc) is 3.40. The van der Waals surface area contributed by atoms with Crippen molar-refractivity contribution in [3.05, 3.63) is 42.7 Å². The van der Waals surface area contributed by atoms with Gasteiger partial charge in [0.05, 0.1) is 19.9 Å². The second-order valence-corrected chi connectivity index (χ2v) is 7.20. The maximum Gasteiger partial charge on any atom is 0.139 e. The summed E-state index contributed by atoms with van der Waals surface area (Å²) in [5, 5.41) is 3.53. The lowest BCUT2D eigenvalue weighted by atomic mass is 10.1. The first kappa shape index (κ1) is 18.6. The fourth-order valence-corrected chi connectivity index (χ4v) is 3.77. The van der Waals surface area contributed by atoms with Gasteiger partial charge in [0.2, 0.25) is 0 Å². The molecule has 0 spiro atoms. The number of imidazole rings is 1. The molecule has 0 radical (unpaired) electrons. The molecule has 0 aliphatic carbocycles. The van der Waals surface area contributed by atoms with E-state index in [-0.39, 0.29) is 0 Å². The van der Waals surface area contributed by atoms with Gasteiger partial charge >= 0.3 is 0 Å². The molecule has 6 nitrogen and oxygen atoms in total. The molecule has 2 aromatic heterocycles. The minimum atomic E-state index is 0.753. The Hall–Kier alpha value is -2.73. The fourth-order valence-electron chi connectivity index (χ4n) is 3.77. The number of ether oxygens (including phenoxy) is 2. The smallest absolute Gasteiger partial charge is 0.139 e. The highest BCUT2D eigenvalue weighted by Gasteiger charge is 2.12. The van der Waals surface area contributed by atoms with Crippen molar-refractivity contribution in [3.63, 3.8) is 0 Å². The van der Waals surface area contributed by atoms with E-state index in [1.54, 1.807) is 14.2 Å². The first-order chi connectivity index (χ1) is 13.8. The van der Waals surface area contributed by atoms with E-state index in [9.17, 15) is 0 Å². The van der Waals surface area contributed by atoms with Crippen LogP contribution in [-0.4, -0.2) is 54.7 Å². The van der Waals surface area contributed by atoms with Gasteiger partial charge in [0, 0.05) is 42.3 Å². The summed E-state index contributed by atoms with van der Waals surface area (Å²) in [7, 11) is 3.32. The van der Waals surface area contributed by atoms with Gasteiger partial charge in [-0.1, -0.05) is 0 Å². The van der Waals surface area contributed by atoms with Crippen LogP contribution in [0.4, 0.5) is 5.69 Å². The number of hydrogen-bond acceptors (Lipinski definition) is 5. The Bertz CT molecular complexity index is 931. The molecule has 0 saturated carbocycles. The average molecular weight is 380 g/mol. The molecule has 28 heavy (non-hydrogen) atoms. The van der Waals surface area contributed by atoms with Crippen LogP contribution in [0, 0.1) is 0 Å². The van der Waals surface area contributed by atoms with Crippen LogP contribution in [0.15, 0.2) is 42.7 Å². The summed E-state index contributed by atoms with van der Waals surface area (Å²) in [4.78, 5) is 7.34. The lowest BCUT2D eigenvalue weighted by molar-refractivity contribution is 0.337. The maximum atomic E-state index is 5.52. The van der Waals surface area contributed by atoms with Crippen LogP contribution < -0.4 is 14.8 Å². The number of hydrogen-bond donors (Lipinski definition) is 1. The number of fused-ring (bicyclic) bond motifs is 1. The summed E-state index contributed by atoms with van der Waals surface area (Å²) >= 11 is 0. The van der Waals surface area contributed by atoms with Gasteiger partial charge in [-0.15, -0.1) is 0 Å². The molecule has 3 heterocycles. The molecule has 1 aliphatic rings. The van der Waals surface area contributed by atoms with Gasteiger partial charge in [-0.2, -0.15) is 0 Å². The monoisotopic (exact) mass is 380 g/mol. The number of benzene rings is 1. The molecule has 1 aromatic carbocycles. The number of nitrogens with zero attached hydrogens (tertiary/aromatic N) is 3. The predicted octanol–water partition coefficient (Wildman–Crippen LogP) is 3.92. The molecule has 3 aromatic rings. The van der Waals surface area contributed by atoms with Crippen LogP contribution in [0.2, 0.25) is 0 Å². The summed E-state index contributed by atoms with van der Waals surface area (Å²) in [5.74, 6) is 1.52. The molecule has 4 rings (SSSR count). The number of methoxy groups -OCH3 is 2. The topological polar surface area (TPSA) is 51.0 Å². The van der Waals surface area contributed by atoms with Crippen LogP contribution in [-0.2, 0) is 0 Å². The quantitative estimate of drug-likeness (QED) is 0.601. The number of rotatable bonds is 8. The van der Waals surface area contributed by atoms with E-state index in [1.807, 2.05) is 35.0 Å². The van der Waals surface area contributed by atoms with Gasteiger partial charge in [0.15, 0.2) is 0 Å². The molecule has 148 valence electrons. The Morgan fingerprint density at radius 2 is 1.93 bits per heavy atom. The second kappa shape index (κ2) is 8.52. The lowest BCUT2D eigenvalue weighted by Gasteiger charge is -2.14. The summed E-state index contributed by atoms with van der Waals surface area (Å²) < 4.78 is 12.8. The van der Waals surface area contributed by atoms with Crippen molar-refractivity contribution in [2.24, 2.45) is 0 Å². The van der Waals surface area contributed by atoms with Gasteiger partial charge < -0.3 is 24.1 Å². The van der Waals surface area contributed by atoms with E-state index in [1.165, 1.54) is 32.5 Å². The second-order valence-electron chi connectivity index (χ2n) is 7.20. The van der Waals surface area contributed by atoms with Crippen molar-refractivity contribution in [3.8, 4) is 22.8 Å². The number of pyridine rings is 1. The van der Waals surface area contributed by atoms with Crippen molar-refractivity contribution in [2.75, 3.05) is 45.7 Å². The molecule has 1 aliphatic heterocycles. The number of nitrogens with one attached hydrogen (secondary N) is 1. The zero-order chi connectivity index (χ0) is 19.3. The van der Waals surface area contributed by atoms with E-state index in [0.717, 1.165) is 47.1 Å². The molecule has 1 N–H and O–H groups in total. The highest BCUT2D eigenvalue weighted by molar-refractivity contribution is 5.71. The number of likely N-dealkylation sites (tertiary alicyclic amines) is 1. The van der Waals surface area contributed by atoms with Crippen LogP contribution in [0.25, 0.3) is 16.9 Å². The molecule has 0 unspecified atom stereocenters. The Morgan fingerprint density at radius 1 is 1.07 bits per heavy atom. The largest absolute Gasteiger partial charge is 0.497 e. The molecule has 0 bridgehead atoms. The maximum absolute atomic E-state index is 5.52. The first-order valence-electron chi connectivity index (χ1n) is 9.94. The number of anilines is 1. The highest BCUT2D eigenvalue weighted by atomic mass is 16.5. The van der Waals surface area contributed by atoms with Gasteiger partial charge in [0.25, 0.3) is 0 Å². The van der Waals surface area contributed by atoms with Crippen LogP contribution in [0.1, 0.15) is 19.3 Å².